The van der Waals surface area contributed by atoms with Crippen LogP contribution in [0.5, 0.6) is 0 Å². The van der Waals surface area contributed by atoms with Crippen LogP contribution in [0.4, 0.5) is 0 Å². The van der Waals surface area contributed by atoms with Crippen LogP contribution < -0.4 is 24.8 Å². The maximum absolute atomic E-state index is 2.24. The summed E-state index contributed by atoms with van der Waals surface area (Å²) >= 11 is 0. The summed E-state index contributed by atoms with van der Waals surface area (Å²) in [6.07, 6.45) is 0. The Labute approximate surface area is 419 Å². The summed E-state index contributed by atoms with van der Waals surface area (Å²) in [5.74, 6) is 0. The molecule has 4 heteroatoms. The zero-order valence-corrected chi connectivity index (χ0v) is 39.8. The molecule has 0 bridgehead atoms. The number of halogens is 2. The van der Waals surface area contributed by atoms with Crippen LogP contribution in [0.3, 0.4) is 0 Å². The van der Waals surface area contributed by atoms with E-state index in [-0.39, 0.29) is 68.2 Å². The van der Waals surface area contributed by atoms with Crippen LogP contribution in [0.2, 0.25) is 0 Å². The third kappa shape index (κ3) is 12.3. The fraction of sp³-hybridized carbons (Fsp3) is 0. The fourth-order valence-corrected chi connectivity index (χ4v) is 7.79. The van der Waals surface area contributed by atoms with E-state index < -0.39 is 0 Å². The van der Waals surface area contributed by atoms with Gasteiger partial charge in [0.1, 0.15) is 0 Å². The quantitative estimate of drug-likeness (QED) is 0.122. The molecule has 0 fully saturated rings. The van der Waals surface area contributed by atoms with E-state index in [4.69, 9.17) is 0 Å². The molecule has 12 aromatic rings. The van der Waals surface area contributed by atoms with Crippen LogP contribution in [0.25, 0.3) is 87.6 Å². The third-order valence-corrected chi connectivity index (χ3v) is 10.9. The van der Waals surface area contributed by atoms with Gasteiger partial charge in [0, 0.05) is 0 Å². The zero-order chi connectivity index (χ0) is 40.4. The minimum atomic E-state index is 0. The Bertz CT molecular complexity index is 2620. The van der Waals surface area contributed by atoms with Crippen LogP contribution in [-0.4, -0.2) is 0 Å². The van der Waals surface area contributed by atoms with E-state index in [9.17, 15) is 0 Å². The first-order valence-electron chi connectivity index (χ1n) is 20.6. The summed E-state index contributed by atoms with van der Waals surface area (Å²) in [5, 5.41) is 10.5. The van der Waals surface area contributed by atoms with E-state index in [1.165, 1.54) is 87.6 Å². The molecule has 64 heavy (non-hydrogen) atoms. The third-order valence-electron chi connectivity index (χ3n) is 10.9. The van der Waals surface area contributed by atoms with Gasteiger partial charge in [-0.2, -0.15) is 0 Å². The van der Waals surface area contributed by atoms with Gasteiger partial charge in [-0.1, -0.05) is 216 Å². The molecule has 0 aliphatic rings. The van der Waals surface area contributed by atoms with Gasteiger partial charge in [0.2, 0.25) is 0 Å². The maximum atomic E-state index is 2.24. The summed E-state index contributed by atoms with van der Waals surface area (Å²) in [7, 11) is 0. The van der Waals surface area contributed by atoms with Crippen LogP contribution in [0, 0.1) is 0 Å². The minimum Gasteiger partial charge on any atom is -1.00 e. The fourth-order valence-electron chi connectivity index (χ4n) is 7.79. The molecule has 12 aromatic carbocycles. The number of hydrogen-bond acceptors (Lipinski definition) is 0. The maximum Gasteiger partial charge on any atom is 2.00 e. The molecule has 0 aromatic heterocycles. The normalized spacial score (nSPS) is 10.0. The van der Waals surface area contributed by atoms with E-state index in [1.807, 2.05) is 24.3 Å². The monoisotopic (exact) mass is 930 g/mol. The molecule has 0 aliphatic heterocycles. The molecule has 0 unspecified atom stereocenters. The van der Waals surface area contributed by atoms with Crippen LogP contribution in [0.15, 0.2) is 267 Å². The van der Waals surface area contributed by atoms with Crippen molar-refractivity contribution in [3.63, 3.8) is 0 Å². The number of fused-ring (bicyclic) bond motifs is 4. The van der Waals surface area contributed by atoms with E-state index in [0.717, 1.165) is 0 Å². The molecule has 0 radical (unpaired) electrons. The first-order chi connectivity index (χ1) is 29.7. The van der Waals surface area contributed by atoms with Gasteiger partial charge in [-0.3, -0.25) is 0 Å². The largest absolute Gasteiger partial charge is 2.00 e. The Hall–Kier alpha value is -5.79. The first kappa shape index (κ1) is 49.2. The van der Waals surface area contributed by atoms with E-state index in [1.54, 1.807) is 0 Å². The van der Waals surface area contributed by atoms with Gasteiger partial charge in [0.15, 0.2) is 0 Å². The predicted molar refractivity (Wildman–Crippen MR) is 260 cm³/mol. The number of benzene rings is 8. The molecule has 0 amide bonds. The molecule has 0 atom stereocenters. The van der Waals surface area contributed by atoms with Crippen molar-refractivity contribution in [3.8, 4) is 44.5 Å². The Balaban J connectivity index is 0.000000157. The molecule has 0 saturated heterocycles. The van der Waals surface area contributed by atoms with E-state index in [2.05, 4.69) is 243 Å². The first-order valence-corrected chi connectivity index (χ1v) is 20.6. The molecular weight excluding hydrogens is 887 g/mol. The Morgan fingerprint density at radius 3 is 0.562 bits per heavy atom. The standard InChI is InChI=1S/4C15H11.2ClH.2Ti/c4*1-2-6-12(7-3-1)15-10-13-8-4-5-9-14(13)11-15;;;;/h4*1-11H;2*1H;;/q4*-1;;;2*+2/p-2. The summed E-state index contributed by atoms with van der Waals surface area (Å²) in [6.45, 7) is 0. The molecule has 0 nitrogen and oxygen atoms in total. The van der Waals surface area contributed by atoms with Crippen molar-refractivity contribution in [3.05, 3.63) is 267 Å². The Morgan fingerprint density at radius 1 is 0.203 bits per heavy atom. The molecule has 0 aliphatic carbocycles. The van der Waals surface area contributed by atoms with Crippen LogP contribution in [0.1, 0.15) is 0 Å². The molecule has 0 spiro atoms. The summed E-state index contributed by atoms with van der Waals surface area (Å²) < 4.78 is 0. The van der Waals surface area contributed by atoms with Crippen molar-refractivity contribution >= 4 is 43.1 Å². The summed E-state index contributed by atoms with van der Waals surface area (Å²) in [4.78, 5) is 0. The molecule has 0 heterocycles. The SMILES string of the molecule is [Cl-].[Cl-].[Ti+2].[Ti+2].c1ccc(-c2cc3ccccc3[cH-]2)cc1.c1ccc(-c2cc3ccccc3[cH-]2)cc1.c1ccc(-c2cc3ccccc3[cH-]2)cc1.c1ccc(-c2cc3ccccc3[cH-]2)cc1. The number of hydrogen-bond donors (Lipinski definition) is 0. The van der Waals surface area contributed by atoms with Crippen LogP contribution in [-0.2, 0) is 43.4 Å². The van der Waals surface area contributed by atoms with Crippen molar-refractivity contribution in [1.82, 2.24) is 0 Å². The number of rotatable bonds is 4. The van der Waals surface area contributed by atoms with E-state index >= 15 is 0 Å². The van der Waals surface area contributed by atoms with Gasteiger partial charge in [0.05, 0.1) is 0 Å². The second kappa shape index (κ2) is 24.3. The second-order valence-corrected chi connectivity index (χ2v) is 15.0. The summed E-state index contributed by atoms with van der Waals surface area (Å²) in [6, 6.07) is 93.8. The smallest absolute Gasteiger partial charge is 1.00 e. The Morgan fingerprint density at radius 2 is 0.375 bits per heavy atom. The van der Waals surface area contributed by atoms with Gasteiger partial charge < -0.3 is 24.8 Å². The van der Waals surface area contributed by atoms with Gasteiger partial charge in [-0.05, 0) is 0 Å². The molecule has 12 rings (SSSR count). The van der Waals surface area contributed by atoms with Crippen LogP contribution >= 0.6 is 0 Å². The van der Waals surface area contributed by atoms with Crippen molar-refractivity contribution in [2.45, 2.75) is 0 Å². The topological polar surface area (TPSA) is 0 Å². The van der Waals surface area contributed by atoms with Crippen molar-refractivity contribution in [2.75, 3.05) is 0 Å². The Kier molecular flexibility index (Phi) is 18.7. The van der Waals surface area contributed by atoms with Gasteiger partial charge in [-0.25, -0.2) is 0 Å². The van der Waals surface area contributed by atoms with Gasteiger partial charge in [-0.15, -0.1) is 138 Å². The summed E-state index contributed by atoms with van der Waals surface area (Å²) in [5.41, 5.74) is 10.4. The predicted octanol–water partition coefficient (Wildman–Crippen LogP) is 10.9. The van der Waals surface area contributed by atoms with Crippen molar-refractivity contribution < 1.29 is 68.2 Å². The zero-order valence-electron chi connectivity index (χ0n) is 35.2. The second-order valence-electron chi connectivity index (χ2n) is 15.0. The van der Waals surface area contributed by atoms with E-state index in [0.29, 0.717) is 0 Å². The van der Waals surface area contributed by atoms with Crippen molar-refractivity contribution in [1.29, 1.82) is 0 Å². The molecule has 0 N–H and O–H groups in total. The molecule has 0 saturated carbocycles. The van der Waals surface area contributed by atoms with Gasteiger partial charge in [0.25, 0.3) is 0 Å². The van der Waals surface area contributed by atoms with Crippen molar-refractivity contribution in [2.24, 2.45) is 0 Å². The average molecular weight is 932 g/mol. The molecule has 308 valence electrons. The average Bonchev–Trinajstić information content (AvgIpc) is 4.15. The minimum absolute atomic E-state index is 0. The molecular formula is C60H44Cl2Ti2-2. The van der Waals surface area contributed by atoms with Gasteiger partial charge >= 0.3 is 43.4 Å².